The topological polar surface area (TPSA) is 85.5 Å². The van der Waals surface area contributed by atoms with E-state index in [4.69, 9.17) is 10.5 Å². The van der Waals surface area contributed by atoms with Crippen molar-refractivity contribution >= 4 is 22.7 Å². The zero-order valence-electron chi connectivity index (χ0n) is 12.3. The molecule has 1 aromatic heterocycles. The van der Waals surface area contributed by atoms with Gasteiger partial charge in [0.05, 0.1) is 18.7 Å². The summed E-state index contributed by atoms with van der Waals surface area (Å²) in [6, 6.07) is 9.09. The second-order valence-corrected chi connectivity index (χ2v) is 5.55. The predicted octanol–water partition coefficient (Wildman–Crippen LogP) is 0.951. The first kappa shape index (κ1) is 14.5. The number of rotatable bonds is 2. The number of morpholine rings is 1. The van der Waals surface area contributed by atoms with E-state index in [-0.39, 0.29) is 19.1 Å². The molecule has 1 aliphatic rings. The van der Waals surface area contributed by atoms with Gasteiger partial charge >= 0.3 is 0 Å². The number of primary amides is 1. The highest BCUT2D eigenvalue weighted by atomic mass is 16.5. The fourth-order valence-corrected chi connectivity index (χ4v) is 2.65. The fourth-order valence-electron chi connectivity index (χ4n) is 2.65. The summed E-state index contributed by atoms with van der Waals surface area (Å²) in [4.78, 5) is 30.2. The average molecular weight is 299 g/mol. The van der Waals surface area contributed by atoms with Crippen LogP contribution in [0.1, 0.15) is 17.3 Å². The van der Waals surface area contributed by atoms with Crippen molar-refractivity contribution in [3.8, 4) is 0 Å². The van der Waals surface area contributed by atoms with Crippen molar-refractivity contribution in [2.75, 3.05) is 19.7 Å². The van der Waals surface area contributed by atoms with Crippen molar-refractivity contribution in [1.82, 2.24) is 9.88 Å². The molecule has 1 saturated heterocycles. The summed E-state index contributed by atoms with van der Waals surface area (Å²) in [6.07, 6.45) is 1.69. The number of nitrogens with two attached hydrogens (primary N) is 1. The normalized spacial score (nSPS) is 21.8. The molecule has 2 N–H and O–H groups in total. The largest absolute Gasteiger partial charge is 0.367 e. The van der Waals surface area contributed by atoms with Gasteiger partial charge in [-0.1, -0.05) is 12.1 Å². The van der Waals surface area contributed by atoms with Crippen LogP contribution >= 0.6 is 0 Å². The Morgan fingerprint density at radius 3 is 2.91 bits per heavy atom. The molecule has 1 aliphatic heterocycles. The molecule has 1 aromatic carbocycles. The molecule has 6 heteroatoms. The van der Waals surface area contributed by atoms with E-state index >= 15 is 0 Å². The van der Waals surface area contributed by atoms with Gasteiger partial charge in [0.1, 0.15) is 0 Å². The molecule has 0 unspecified atom stereocenters. The molecule has 2 amide bonds. The second kappa shape index (κ2) is 5.38. The first-order valence-electron chi connectivity index (χ1n) is 7.08. The number of hydrogen-bond donors (Lipinski definition) is 1. The van der Waals surface area contributed by atoms with Crippen molar-refractivity contribution in [1.29, 1.82) is 0 Å². The monoisotopic (exact) mass is 299 g/mol. The zero-order valence-corrected chi connectivity index (χ0v) is 12.3. The molecule has 6 nitrogen and oxygen atoms in total. The fraction of sp³-hybridized carbons (Fsp3) is 0.312. The molecule has 0 bridgehead atoms. The number of aromatic nitrogens is 1. The number of amides is 2. The van der Waals surface area contributed by atoms with Gasteiger partial charge in [-0.25, -0.2) is 0 Å². The van der Waals surface area contributed by atoms with Crippen molar-refractivity contribution in [3.05, 3.63) is 42.1 Å². The third-order valence-electron chi connectivity index (χ3n) is 3.96. The molecule has 1 fully saturated rings. The third-order valence-corrected chi connectivity index (χ3v) is 3.96. The van der Waals surface area contributed by atoms with Gasteiger partial charge in [0.25, 0.3) is 11.8 Å². The van der Waals surface area contributed by atoms with Crippen LogP contribution in [-0.4, -0.2) is 47.0 Å². The molecule has 2 heterocycles. The molecule has 2 aromatic rings. The van der Waals surface area contributed by atoms with Crippen molar-refractivity contribution in [2.45, 2.75) is 12.5 Å². The Morgan fingerprint density at radius 1 is 1.32 bits per heavy atom. The highest BCUT2D eigenvalue weighted by Gasteiger charge is 2.39. The summed E-state index contributed by atoms with van der Waals surface area (Å²) in [7, 11) is 0. The van der Waals surface area contributed by atoms with Crippen LogP contribution in [0.2, 0.25) is 0 Å². The SMILES string of the molecule is C[C@]1(C(N)=O)CN(C(=O)c2cccc3ncccc23)CCO1. The third kappa shape index (κ3) is 2.42. The van der Waals surface area contributed by atoms with E-state index < -0.39 is 11.5 Å². The van der Waals surface area contributed by atoms with Gasteiger partial charge in [-0.2, -0.15) is 0 Å². The summed E-state index contributed by atoms with van der Waals surface area (Å²) in [5.41, 5.74) is 5.57. The number of carbonyl (C=O) groups excluding carboxylic acids is 2. The van der Waals surface area contributed by atoms with Gasteiger partial charge in [-0.3, -0.25) is 14.6 Å². The molecule has 0 saturated carbocycles. The van der Waals surface area contributed by atoms with Gasteiger partial charge in [0.15, 0.2) is 5.60 Å². The van der Waals surface area contributed by atoms with E-state index in [1.165, 1.54) is 0 Å². The zero-order chi connectivity index (χ0) is 15.7. The van der Waals surface area contributed by atoms with E-state index in [9.17, 15) is 9.59 Å². The van der Waals surface area contributed by atoms with Gasteiger partial charge in [-0.05, 0) is 25.1 Å². The van der Waals surface area contributed by atoms with Crippen LogP contribution in [0.15, 0.2) is 36.5 Å². The lowest BCUT2D eigenvalue weighted by Crippen LogP contribution is -2.58. The maximum absolute atomic E-state index is 12.8. The Hall–Kier alpha value is -2.47. The van der Waals surface area contributed by atoms with Crippen LogP contribution in [-0.2, 0) is 9.53 Å². The lowest BCUT2D eigenvalue weighted by atomic mass is 10.0. The summed E-state index contributed by atoms with van der Waals surface area (Å²) < 4.78 is 5.45. The van der Waals surface area contributed by atoms with E-state index in [1.54, 1.807) is 36.2 Å². The van der Waals surface area contributed by atoms with E-state index in [1.807, 2.05) is 12.1 Å². The Kier molecular flexibility index (Phi) is 3.54. The van der Waals surface area contributed by atoms with Crippen LogP contribution in [0.4, 0.5) is 0 Å². The van der Waals surface area contributed by atoms with E-state index in [2.05, 4.69) is 4.98 Å². The summed E-state index contributed by atoms with van der Waals surface area (Å²) in [5.74, 6) is -0.709. The lowest BCUT2D eigenvalue weighted by Gasteiger charge is -2.38. The smallest absolute Gasteiger partial charge is 0.254 e. The predicted molar refractivity (Wildman–Crippen MR) is 81.2 cm³/mol. The Bertz CT molecular complexity index is 741. The number of carbonyl (C=O) groups is 2. The number of benzene rings is 1. The van der Waals surface area contributed by atoms with Crippen molar-refractivity contribution < 1.29 is 14.3 Å². The molecular weight excluding hydrogens is 282 g/mol. The summed E-state index contributed by atoms with van der Waals surface area (Å²) in [6.45, 7) is 2.48. The minimum atomic E-state index is -1.14. The summed E-state index contributed by atoms with van der Waals surface area (Å²) in [5, 5.41) is 0.794. The molecular formula is C16H17N3O3. The molecule has 0 spiro atoms. The van der Waals surface area contributed by atoms with Crippen LogP contribution in [0.5, 0.6) is 0 Å². The van der Waals surface area contributed by atoms with Gasteiger partial charge in [0.2, 0.25) is 0 Å². The number of ether oxygens (including phenoxy) is 1. The maximum atomic E-state index is 12.8. The summed E-state index contributed by atoms with van der Waals surface area (Å²) >= 11 is 0. The standard InChI is InChI=1S/C16H17N3O3/c1-16(15(17)21)10-19(8-9-22-16)14(20)12-4-2-6-13-11(12)5-3-7-18-13/h2-7H,8-10H2,1H3,(H2,17,21)/t16-/m1/s1. The maximum Gasteiger partial charge on any atom is 0.254 e. The minimum absolute atomic E-state index is 0.144. The number of fused-ring (bicyclic) bond motifs is 1. The van der Waals surface area contributed by atoms with Gasteiger partial charge in [0, 0.05) is 23.7 Å². The molecule has 0 aliphatic carbocycles. The van der Waals surface area contributed by atoms with E-state index in [0.717, 1.165) is 10.9 Å². The molecule has 0 radical (unpaired) electrons. The van der Waals surface area contributed by atoms with Crippen LogP contribution < -0.4 is 5.73 Å². The average Bonchev–Trinajstić information content (AvgIpc) is 2.53. The number of nitrogens with zero attached hydrogens (tertiary/aromatic N) is 2. The Morgan fingerprint density at radius 2 is 2.14 bits per heavy atom. The highest BCUT2D eigenvalue weighted by Crippen LogP contribution is 2.22. The molecule has 114 valence electrons. The molecule has 22 heavy (non-hydrogen) atoms. The highest BCUT2D eigenvalue weighted by molar-refractivity contribution is 6.06. The second-order valence-electron chi connectivity index (χ2n) is 5.55. The quantitative estimate of drug-likeness (QED) is 0.894. The first-order valence-corrected chi connectivity index (χ1v) is 7.08. The minimum Gasteiger partial charge on any atom is -0.367 e. The lowest BCUT2D eigenvalue weighted by molar-refractivity contribution is -0.150. The van der Waals surface area contributed by atoms with Crippen LogP contribution in [0.25, 0.3) is 10.9 Å². The molecule has 3 rings (SSSR count). The number of pyridine rings is 1. The van der Waals surface area contributed by atoms with Crippen molar-refractivity contribution in [2.24, 2.45) is 5.73 Å². The van der Waals surface area contributed by atoms with Crippen LogP contribution in [0.3, 0.4) is 0 Å². The first-order chi connectivity index (χ1) is 10.5. The van der Waals surface area contributed by atoms with E-state index in [0.29, 0.717) is 12.1 Å². The Labute approximate surface area is 127 Å². The van der Waals surface area contributed by atoms with Gasteiger partial charge in [-0.15, -0.1) is 0 Å². The van der Waals surface area contributed by atoms with Gasteiger partial charge < -0.3 is 15.4 Å². The Balaban J connectivity index is 1.94. The van der Waals surface area contributed by atoms with Crippen molar-refractivity contribution in [3.63, 3.8) is 0 Å². The molecule has 1 atom stereocenters. The van der Waals surface area contributed by atoms with Crippen LogP contribution in [0, 0.1) is 0 Å². The number of hydrogen-bond acceptors (Lipinski definition) is 4.